The van der Waals surface area contributed by atoms with Gasteiger partial charge in [0, 0.05) is 6.04 Å². The lowest BCUT2D eigenvalue weighted by atomic mass is 9.90. The lowest BCUT2D eigenvalue weighted by molar-refractivity contribution is 0.0623. The largest absolute Gasteiger partial charge is 0.410 e. The molecule has 2 nitrogen and oxygen atoms in total. The van der Waals surface area contributed by atoms with Crippen molar-refractivity contribution in [1.82, 2.24) is 0 Å². The minimum Gasteiger partial charge on any atom is -0.410 e. The van der Waals surface area contributed by atoms with E-state index in [1.54, 1.807) is 0 Å². The third-order valence-corrected chi connectivity index (χ3v) is 3.38. The molecule has 0 aromatic carbocycles. The first-order valence-electron chi connectivity index (χ1n) is 5.27. The smallest absolute Gasteiger partial charge is 0.236 e. The minimum absolute atomic E-state index is 0.0948. The van der Waals surface area contributed by atoms with Crippen LogP contribution in [0.5, 0.6) is 0 Å². The van der Waals surface area contributed by atoms with Crippen LogP contribution in [0.4, 0.5) is 0 Å². The van der Waals surface area contributed by atoms with Crippen LogP contribution in [0.3, 0.4) is 0 Å². The Morgan fingerprint density at radius 2 is 1.50 bits per heavy atom. The molecule has 0 aliphatic rings. The molecule has 0 fully saturated rings. The van der Waals surface area contributed by atoms with Crippen LogP contribution in [-0.2, 0) is 4.43 Å². The number of hydrogen-bond acceptors (Lipinski definition) is 2. The van der Waals surface area contributed by atoms with Gasteiger partial charge in [0.2, 0.25) is 9.76 Å². The van der Waals surface area contributed by atoms with E-state index in [9.17, 15) is 0 Å². The Hall–Kier alpha value is 0.137. The van der Waals surface area contributed by atoms with Crippen LogP contribution in [0.1, 0.15) is 48.5 Å². The van der Waals surface area contributed by atoms with E-state index in [-0.39, 0.29) is 16.7 Å². The predicted molar refractivity (Wildman–Crippen MR) is 63.4 cm³/mol. The molecule has 0 spiro atoms. The van der Waals surface area contributed by atoms with Gasteiger partial charge in [-0.3, -0.25) is 0 Å². The average molecular weight is 215 g/mol. The van der Waals surface area contributed by atoms with Gasteiger partial charge in [0.05, 0.1) is 5.60 Å². The summed E-state index contributed by atoms with van der Waals surface area (Å²) in [7, 11) is 0.498. The molecule has 1 atom stereocenters. The first-order valence-corrected chi connectivity index (χ1v) is 6.18. The maximum absolute atomic E-state index is 6.10. The first kappa shape index (κ1) is 14.1. The summed E-state index contributed by atoms with van der Waals surface area (Å²) in [6, 6.07) is 0.0948. The Morgan fingerprint density at radius 3 is 1.79 bits per heavy atom. The summed E-state index contributed by atoms with van der Waals surface area (Å²) in [5, 5.41) is 0.230. The van der Waals surface area contributed by atoms with Crippen molar-refractivity contribution in [1.29, 1.82) is 0 Å². The molecule has 0 heterocycles. The van der Waals surface area contributed by atoms with Crippen molar-refractivity contribution >= 4 is 9.76 Å². The molecule has 3 heteroatoms. The van der Waals surface area contributed by atoms with Gasteiger partial charge in [-0.05, 0) is 24.8 Å². The molecule has 0 amide bonds. The van der Waals surface area contributed by atoms with Gasteiger partial charge in [-0.2, -0.15) is 0 Å². The quantitative estimate of drug-likeness (QED) is 0.732. The summed E-state index contributed by atoms with van der Waals surface area (Å²) >= 11 is 0. The van der Waals surface area contributed by atoms with Crippen LogP contribution in [0.2, 0.25) is 5.04 Å². The Labute approximate surface area is 91.5 Å². The van der Waals surface area contributed by atoms with E-state index in [2.05, 4.69) is 48.5 Å². The topological polar surface area (TPSA) is 35.2 Å². The second-order valence-electron chi connectivity index (χ2n) is 5.83. The Bertz CT molecular complexity index is 173. The molecule has 14 heavy (non-hydrogen) atoms. The van der Waals surface area contributed by atoms with E-state index >= 15 is 0 Å². The summed E-state index contributed by atoms with van der Waals surface area (Å²) in [6.45, 7) is 15.0. The van der Waals surface area contributed by atoms with Crippen molar-refractivity contribution < 1.29 is 4.43 Å². The standard InChI is InChI=1S/C11H25NOSi/c1-8(2)9(12)11(6,7)13-14-10(3,4)5/h8-9H,12H2,1-7H3/t9-/m1/s1. The maximum Gasteiger partial charge on any atom is 0.236 e. The summed E-state index contributed by atoms with van der Waals surface area (Å²) in [5.74, 6) is 0.453. The molecule has 84 valence electrons. The van der Waals surface area contributed by atoms with Crippen molar-refractivity contribution in [3.05, 3.63) is 0 Å². The van der Waals surface area contributed by atoms with E-state index in [1.165, 1.54) is 0 Å². The van der Waals surface area contributed by atoms with Crippen LogP contribution in [-0.4, -0.2) is 21.4 Å². The highest BCUT2D eigenvalue weighted by molar-refractivity contribution is 6.31. The fraction of sp³-hybridized carbons (Fsp3) is 1.00. The van der Waals surface area contributed by atoms with Crippen molar-refractivity contribution in [3.8, 4) is 0 Å². The van der Waals surface area contributed by atoms with Gasteiger partial charge in [0.25, 0.3) is 0 Å². The lowest BCUT2D eigenvalue weighted by Crippen LogP contribution is -2.49. The van der Waals surface area contributed by atoms with E-state index in [1.807, 2.05) is 0 Å². The van der Waals surface area contributed by atoms with Gasteiger partial charge in [0.15, 0.2) is 0 Å². The van der Waals surface area contributed by atoms with Gasteiger partial charge in [-0.15, -0.1) is 0 Å². The highest BCUT2D eigenvalue weighted by atomic mass is 28.2. The van der Waals surface area contributed by atoms with Crippen LogP contribution in [0.15, 0.2) is 0 Å². The molecule has 0 aromatic heterocycles. The van der Waals surface area contributed by atoms with Crippen LogP contribution < -0.4 is 5.73 Å². The Morgan fingerprint density at radius 1 is 1.07 bits per heavy atom. The van der Waals surface area contributed by atoms with Crippen LogP contribution in [0, 0.1) is 5.92 Å². The number of nitrogens with two attached hydrogens (primary N) is 1. The molecule has 0 rings (SSSR count). The molecule has 2 N–H and O–H groups in total. The van der Waals surface area contributed by atoms with E-state index in [0.29, 0.717) is 15.7 Å². The molecule has 0 saturated carbocycles. The molecule has 0 saturated heterocycles. The van der Waals surface area contributed by atoms with Gasteiger partial charge in [0.1, 0.15) is 0 Å². The SMILES string of the molecule is CC(C)[C@@H](N)C(C)(C)O[Si]C(C)(C)C. The molecule has 0 aliphatic heterocycles. The monoisotopic (exact) mass is 215 g/mol. The normalized spacial score (nSPS) is 16.1. The second-order valence-corrected chi connectivity index (χ2v) is 7.74. The third-order valence-electron chi connectivity index (χ3n) is 2.14. The van der Waals surface area contributed by atoms with Crippen molar-refractivity contribution in [2.24, 2.45) is 11.7 Å². The average Bonchev–Trinajstić information content (AvgIpc) is 1.98. The number of hydrogen-bond donors (Lipinski definition) is 1. The number of rotatable bonds is 4. The zero-order chi connectivity index (χ0) is 11.6. The third kappa shape index (κ3) is 5.13. The van der Waals surface area contributed by atoms with Gasteiger partial charge >= 0.3 is 0 Å². The maximum atomic E-state index is 6.10. The summed E-state index contributed by atoms with van der Waals surface area (Å²) < 4.78 is 5.92. The molecule has 0 bridgehead atoms. The Balaban J connectivity index is 4.20. The molecule has 0 aliphatic carbocycles. The van der Waals surface area contributed by atoms with Gasteiger partial charge in [-0.25, -0.2) is 0 Å². The fourth-order valence-electron chi connectivity index (χ4n) is 1.16. The molecule has 0 aromatic rings. The lowest BCUT2D eigenvalue weighted by Gasteiger charge is -2.36. The van der Waals surface area contributed by atoms with E-state index in [4.69, 9.17) is 10.2 Å². The molecular weight excluding hydrogens is 190 g/mol. The van der Waals surface area contributed by atoms with Crippen molar-refractivity contribution in [3.63, 3.8) is 0 Å². The molecule has 0 unspecified atom stereocenters. The predicted octanol–water partition coefficient (Wildman–Crippen LogP) is 2.60. The van der Waals surface area contributed by atoms with Crippen molar-refractivity contribution in [2.45, 2.75) is 65.1 Å². The summed E-state index contributed by atoms with van der Waals surface area (Å²) in [4.78, 5) is 0. The fourth-order valence-corrected chi connectivity index (χ4v) is 1.86. The van der Waals surface area contributed by atoms with E-state index < -0.39 is 0 Å². The zero-order valence-corrected chi connectivity index (χ0v) is 11.6. The summed E-state index contributed by atoms with van der Waals surface area (Å²) in [5.41, 5.74) is 5.88. The zero-order valence-electron chi connectivity index (χ0n) is 10.6. The highest BCUT2D eigenvalue weighted by Gasteiger charge is 2.31. The molecule has 2 radical (unpaired) electrons. The van der Waals surface area contributed by atoms with Gasteiger partial charge in [-0.1, -0.05) is 34.6 Å². The Kier molecular flexibility index (Phi) is 4.82. The van der Waals surface area contributed by atoms with Crippen LogP contribution in [0.25, 0.3) is 0 Å². The first-order chi connectivity index (χ1) is 6.06. The van der Waals surface area contributed by atoms with Gasteiger partial charge < -0.3 is 10.2 Å². The minimum atomic E-state index is -0.222. The summed E-state index contributed by atoms with van der Waals surface area (Å²) in [6.07, 6.45) is 0. The molecular formula is C11H25NOSi. The van der Waals surface area contributed by atoms with Crippen LogP contribution >= 0.6 is 0 Å². The van der Waals surface area contributed by atoms with Crippen molar-refractivity contribution in [2.75, 3.05) is 0 Å². The van der Waals surface area contributed by atoms with E-state index in [0.717, 1.165) is 0 Å². The second kappa shape index (κ2) is 4.77. The highest BCUT2D eigenvalue weighted by Crippen LogP contribution is 2.26.